The zero-order chi connectivity index (χ0) is 17.4. The molecule has 0 aliphatic heterocycles. The van der Waals surface area contributed by atoms with E-state index in [4.69, 9.17) is 0 Å². The van der Waals surface area contributed by atoms with Crippen LogP contribution in [0.5, 0.6) is 0 Å². The maximum Gasteiger partial charge on any atom is 0.131 e. The van der Waals surface area contributed by atoms with Crippen LogP contribution in [0.1, 0.15) is 37.4 Å². The van der Waals surface area contributed by atoms with E-state index in [9.17, 15) is 9.50 Å². The lowest BCUT2D eigenvalue weighted by Gasteiger charge is -2.06. The number of rotatable bonds is 8. The Morgan fingerprint density at radius 2 is 2.12 bits per heavy atom. The van der Waals surface area contributed by atoms with Crippen molar-refractivity contribution in [3.8, 4) is 11.1 Å². The molecule has 0 bridgehead atoms. The standard InChI is InChI=1S/C21H24FNO/c1-3-7-17-10-13-20(21(22)14-17)18-11-12-19(23-15-18)9-6-4-5-8-16(2)24/h3,6,9-16,24H,1,4-5,7-8H2,2H3. The number of aromatic nitrogens is 1. The molecule has 1 atom stereocenters. The van der Waals surface area contributed by atoms with Crippen molar-refractivity contribution >= 4 is 6.08 Å². The number of halogens is 1. The second kappa shape index (κ2) is 9.14. The summed E-state index contributed by atoms with van der Waals surface area (Å²) in [6, 6.07) is 9.02. The third-order valence-corrected chi connectivity index (χ3v) is 3.79. The molecule has 0 amide bonds. The summed E-state index contributed by atoms with van der Waals surface area (Å²) >= 11 is 0. The fraction of sp³-hybridized carbons (Fsp3) is 0.286. The highest BCUT2D eigenvalue weighted by Gasteiger charge is 2.06. The van der Waals surface area contributed by atoms with Crippen LogP contribution in [0.3, 0.4) is 0 Å². The molecule has 2 aromatic rings. The second-order valence-electron chi connectivity index (χ2n) is 5.96. The first-order valence-electron chi connectivity index (χ1n) is 8.30. The number of nitrogens with zero attached hydrogens (tertiary/aromatic N) is 1. The van der Waals surface area contributed by atoms with Gasteiger partial charge in [0.15, 0.2) is 0 Å². The Balaban J connectivity index is 2.01. The van der Waals surface area contributed by atoms with Crippen molar-refractivity contribution in [2.75, 3.05) is 0 Å². The van der Waals surface area contributed by atoms with Crippen LogP contribution in [0, 0.1) is 5.82 Å². The quantitative estimate of drug-likeness (QED) is 0.536. The van der Waals surface area contributed by atoms with Gasteiger partial charge in [-0.05, 0) is 56.4 Å². The van der Waals surface area contributed by atoms with Crippen molar-refractivity contribution in [3.63, 3.8) is 0 Å². The van der Waals surface area contributed by atoms with Crippen molar-refractivity contribution in [1.82, 2.24) is 4.98 Å². The lowest BCUT2D eigenvalue weighted by Crippen LogP contribution is -1.97. The highest BCUT2D eigenvalue weighted by molar-refractivity contribution is 5.64. The smallest absolute Gasteiger partial charge is 0.131 e. The molecule has 24 heavy (non-hydrogen) atoms. The summed E-state index contributed by atoms with van der Waals surface area (Å²) in [5, 5.41) is 9.20. The molecule has 126 valence electrons. The summed E-state index contributed by atoms with van der Waals surface area (Å²) < 4.78 is 14.2. The highest BCUT2D eigenvalue weighted by atomic mass is 19.1. The van der Waals surface area contributed by atoms with E-state index in [-0.39, 0.29) is 11.9 Å². The third-order valence-electron chi connectivity index (χ3n) is 3.79. The Morgan fingerprint density at radius 3 is 2.75 bits per heavy atom. The minimum atomic E-state index is -0.247. The minimum absolute atomic E-state index is 0.238. The van der Waals surface area contributed by atoms with E-state index in [0.29, 0.717) is 12.0 Å². The highest BCUT2D eigenvalue weighted by Crippen LogP contribution is 2.23. The zero-order valence-electron chi connectivity index (χ0n) is 14.1. The monoisotopic (exact) mass is 325 g/mol. The molecule has 1 heterocycles. The Bertz CT molecular complexity index is 689. The predicted molar refractivity (Wildman–Crippen MR) is 98.1 cm³/mol. The van der Waals surface area contributed by atoms with Gasteiger partial charge in [-0.2, -0.15) is 0 Å². The molecule has 2 rings (SSSR count). The molecule has 0 aliphatic carbocycles. The third kappa shape index (κ3) is 5.43. The zero-order valence-corrected chi connectivity index (χ0v) is 14.1. The van der Waals surface area contributed by atoms with Crippen LogP contribution in [0.15, 0.2) is 55.3 Å². The number of benzene rings is 1. The molecule has 0 aliphatic rings. The largest absolute Gasteiger partial charge is 0.393 e. The Hall–Kier alpha value is -2.26. The van der Waals surface area contributed by atoms with Crippen LogP contribution in [0.25, 0.3) is 17.2 Å². The SMILES string of the molecule is C=CCc1ccc(-c2ccc(C=CCCCC(C)O)nc2)c(F)c1. The summed E-state index contributed by atoms with van der Waals surface area (Å²) in [5.74, 6) is -0.238. The van der Waals surface area contributed by atoms with E-state index in [0.717, 1.165) is 36.1 Å². The van der Waals surface area contributed by atoms with Gasteiger partial charge in [-0.25, -0.2) is 4.39 Å². The molecule has 1 unspecified atom stereocenters. The number of unbranched alkanes of at least 4 members (excludes halogenated alkanes) is 1. The summed E-state index contributed by atoms with van der Waals surface area (Å²) in [5.41, 5.74) is 3.09. The molecule has 0 radical (unpaired) electrons. The Morgan fingerprint density at radius 1 is 1.29 bits per heavy atom. The summed E-state index contributed by atoms with van der Waals surface area (Å²) in [7, 11) is 0. The van der Waals surface area contributed by atoms with E-state index < -0.39 is 0 Å². The van der Waals surface area contributed by atoms with Gasteiger partial charge < -0.3 is 5.11 Å². The molecular weight excluding hydrogens is 301 g/mol. The number of hydrogen-bond acceptors (Lipinski definition) is 2. The first-order valence-corrected chi connectivity index (χ1v) is 8.30. The van der Waals surface area contributed by atoms with Crippen LogP contribution < -0.4 is 0 Å². The maximum absolute atomic E-state index is 14.2. The fourth-order valence-electron chi connectivity index (χ4n) is 2.48. The normalized spacial score (nSPS) is 12.5. The summed E-state index contributed by atoms with van der Waals surface area (Å²) in [6.45, 7) is 5.47. The van der Waals surface area contributed by atoms with Crippen LogP contribution in [0.2, 0.25) is 0 Å². The Kier molecular flexibility index (Phi) is 6.89. The fourth-order valence-corrected chi connectivity index (χ4v) is 2.48. The second-order valence-corrected chi connectivity index (χ2v) is 5.96. The average Bonchev–Trinajstić information content (AvgIpc) is 2.55. The maximum atomic E-state index is 14.2. The van der Waals surface area contributed by atoms with Gasteiger partial charge in [0.2, 0.25) is 0 Å². The number of pyridine rings is 1. The van der Waals surface area contributed by atoms with Gasteiger partial charge in [0.25, 0.3) is 0 Å². The van der Waals surface area contributed by atoms with Crippen LogP contribution in [-0.2, 0) is 6.42 Å². The molecular formula is C21H24FNO. The first kappa shape index (κ1) is 18.1. The van der Waals surface area contributed by atoms with Crippen LogP contribution in [-0.4, -0.2) is 16.2 Å². The first-order chi connectivity index (χ1) is 11.6. The van der Waals surface area contributed by atoms with Crippen LogP contribution in [0.4, 0.5) is 4.39 Å². The average molecular weight is 325 g/mol. The molecule has 3 heteroatoms. The van der Waals surface area contributed by atoms with E-state index in [1.54, 1.807) is 31.3 Å². The minimum Gasteiger partial charge on any atom is -0.393 e. The van der Waals surface area contributed by atoms with Gasteiger partial charge in [-0.3, -0.25) is 4.98 Å². The number of aliphatic hydroxyl groups is 1. The summed E-state index contributed by atoms with van der Waals surface area (Å²) in [6.07, 6.45) is 10.5. The van der Waals surface area contributed by atoms with Gasteiger partial charge in [-0.1, -0.05) is 30.4 Å². The molecule has 2 nitrogen and oxygen atoms in total. The molecule has 1 N–H and O–H groups in total. The molecule has 0 spiro atoms. The van der Waals surface area contributed by atoms with Crippen molar-refractivity contribution in [2.45, 2.75) is 38.7 Å². The van der Waals surface area contributed by atoms with Gasteiger partial charge in [0, 0.05) is 17.3 Å². The number of allylic oxidation sites excluding steroid dienone is 2. The van der Waals surface area contributed by atoms with Gasteiger partial charge in [0.1, 0.15) is 5.82 Å². The van der Waals surface area contributed by atoms with Crippen molar-refractivity contribution in [1.29, 1.82) is 0 Å². The van der Waals surface area contributed by atoms with E-state index in [2.05, 4.69) is 17.6 Å². The number of hydrogen-bond donors (Lipinski definition) is 1. The molecule has 1 aromatic heterocycles. The topological polar surface area (TPSA) is 33.1 Å². The molecule has 0 fully saturated rings. The van der Waals surface area contributed by atoms with Gasteiger partial charge >= 0.3 is 0 Å². The lowest BCUT2D eigenvalue weighted by atomic mass is 10.0. The van der Waals surface area contributed by atoms with E-state index in [1.807, 2.05) is 24.3 Å². The van der Waals surface area contributed by atoms with Crippen molar-refractivity contribution < 1.29 is 9.50 Å². The summed E-state index contributed by atoms with van der Waals surface area (Å²) in [4.78, 5) is 4.37. The molecule has 0 saturated heterocycles. The van der Waals surface area contributed by atoms with E-state index in [1.165, 1.54) is 0 Å². The lowest BCUT2D eigenvalue weighted by molar-refractivity contribution is 0.182. The van der Waals surface area contributed by atoms with E-state index >= 15 is 0 Å². The van der Waals surface area contributed by atoms with Crippen molar-refractivity contribution in [3.05, 3.63) is 72.3 Å². The van der Waals surface area contributed by atoms with Gasteiger partial charge in [-0.15, -0.1) is 6.58 Å². The molecule has 1 aromatic carbocycles. The van der Waals surface area contributed by atoms with Crippen LogP contribution >= 0.6 is 0 Å². The predicted octanol–water partition coefficient (Wildman–Crippen LogP) is 5.18. The number of aliphatic hydroxyl groups excluding tert-OH is 1. The van der Waals surface area contributed by atoms with Crippen molar-refractivity contribution in [2.24, 2.45) is 0 Å². The Labute approximate surface area is 143 Å². The van der Waals surface area contributed by atoms with Gasteiger partial charge in [0.05, 0.1) is 11.8 Å². The molecule has 0 saturated carbocycles.